The standard InChI is InChI=1S/C15H21Cl2N3O/c1-2-20-7-8-21-11(9-20)15-18-13(16)12(14(17)19-15)10-5-3-4-6-10/h10-11H,2-9H2,1H3. The molecule has 1 aromatic rings. The smallest absolute Gasteiger partial charge is 0.161 e. The second kappa shape index (κ2) is 6.78. The van der Waals surface area contributed by atoms with E-state index >= 15 is 0 Å². The highest BCUT2D eigenvalue weighted by molar-refractivity contribution is 6.34. The summed E-state index contributed by atoms with van der Waals surface area (Å²) in [6.45, 7) is 5.59. The Morgan fingerprint density at radius 3 is 2.48 bits per heavy atom. The predicted octanol–water partition coefficient (Wildman–Crippen LogP) is 3.83. The van der Waals surface area contributed by atoms with E-state index < -0.39 is 0 Å². The fraction of sp³-hybridized carbons (Fsp3) is 0.733. The summed E-state index contributed by atoms with van der Waals surface area (Å²) in [6.07, 6.45) is 4.59. The van der Waals surface area contributed by atoms with E-state index in [1.165, 1.54) is 12.8 Å². The number of nitrogens with zero attached hydrogens (tertiary/aromatic N) is 3. The normalized spacial score (nSPS) is 24.6. The Balaban J connectivity index is 1.84. The second-order valence-electron chi connectivity index (χ2n) is 5.81. The first-order valence-electron chi connectivity index (χ1n) is 7.75. The molecule has 1 saturated carbocycles. The van der Waals surface area contributed by atoms with Gasteiger partial charge in [-0.2, -0.15) is 0 Å². The predicted molar refractivity (Wildman–Crippen MR) is 84.1 cm³/mol. The van der Waals surface area contributed by atoms with Gasteiger partial charge in [-0.05, 0) is 25.3 Å². The topological polar surface area (TPSA) is 38.2 Å². The van der Waals surface area contributed by atoms with Gasteiger partial charge in [0.2, 0.25) is 0 Å². The van der Waals surface area contributed by atoms with Crippen molar-refractivity contribution in [3.05, 3.63) is 21.7 Å². The fourth-order valence-electron chi connectivity index (χ4n) is 3.27. The van der Waals surface area contributed by atoms with E-state index in [1.807, 2.05) is 0 Å². The zero-order chi connectivity index (χ0) is 14.8. The summed E-state index contributed by atoms with van der Waals surface area (Å²) in [6, 6.07) is 0. The zero-order valence-electron chi connectivity index (χ0n) is 12.3. The van der Waals surface area contributed by atoms with Crippen molar-refractivity contribution < 1.29 is 4.74 Å². The average molecular weight is 330 g/mol. The molecule has 2 heterocycles. The number of morpholine rings is 1. The zero-order valence-corrected chi connectivity index (χ0v) is 13.8. The van der Waals surface area contributed by atoms with Gasteiger partial charge in [-0.15, -0.1) is 0 Å². The Morgan fingerprint density at radius 2 is 1.86 bits per heavy atom. The van der Waals surface area contributed by atoms with Crippen molar-refractivity contribution in [1.29, 1.82) is 0 Å². The molecular weight excluding hydrogens is 309 g/mol. The van der Waals surface area contributed by atoms with Crippen LogP contribution in [0, 0.1) is 0 Å². The summed E-state index contributed by atoms with van der Waals surface area (Å²) in [5.41, 5.74) is 0.933. The number of likely N-dealkylation sites (N-methyl/N-ethyl adjacent to an activating group) is 1. The number of hydrogen-bond donors (Lipinski definition) is 0. The van der Waals surface area contributed by atoms with Crippen molar-refractivity contribution in [1.82, 2.24) is 14.9 Å². The third kappa shape index (κ3) is 3.34. The quantitative estimate of drug-likeness (QED) is 0.790. The molecule has 0 aromatic carbocycles. The summed E-state index contributed by atoms with van der Waals surface area (Å²) in [5, 5.41) is 1.02. The lowest BCUT2D eigenvalue weighted by atomic mass is 10.0. The first-order chi connectivity index (χ1) is 10.2. The highest BCUT2D eigenvalue weighted by Crippen LogP contribution is 2.40. The van der Waals surface area contributed by atoms with Gasteiger partial charge >= 0.3 is 0 Å². The number of hydrogen-bond acceptors (Lipinski definition) is 4. The summed E-state index contributed by atoms with van der Waals surface area (Å²) in [4.78, 5) is 11.3. The molecule has 2 fully saturated rings. The molecule has 0 N–H and O–H groups in total. The molecule has 116 valence electrons. The van der Waals surface area contributed by atoms with Crippen LogP contribution in [0.25, 0.3) is 0 Å². The number of aromatic nitrogens is 2. The molecule has 1 atom stereocenters. The summed E-state index contributed by atoms with van der Waals surface area (Å²) >= 11 is 12.8. The highest BCUT2D eigenvalue weighted by atomic mass is 35.5. The maximum Gasteiger partial charge on any atom is 0.161 e. The van der Waals surface area contributed by atoms with Gasteiger partial charge in [-0.25, -0.2) is 9.97 Å². The summed E-state index contributed by atoms with van der Waals surface area (Å²) < 4.78 is 5.79. The number of ether oxygens (including phenoxy) is 1. The maximum absolute atomic E-state index is 6.40. The minimum absolute atomic E-state index is 0.133. The van der Waals surface area contributed by atoms with Crippen LogP contribution < -0.4 is 0 Å². The largest absolute Gasteiger partial charge is 0.368 e. The van der Waals surface area contributed by atoms with Crippen LogP contribution in [-0.4, -0.2) is 41.1 Å². The molecule has 2 aliphatic rings. The molecule has 1 aliphatic heterocycles. The Morgan fingerprint density at radius 1 is 1.19 bits per heavy atom. The average Bonchev–Trinajstić information content (AvgIpc) is 3.00. The van der Waals surface area contributed by atoms with E-state index in [4.69, 9.17) is 27.9 Å². The molecule has 0 bridgehead atoms. The van der Waals surface area contributed by atoms with E-state index in [-0.39, 0.29) is 6.10 Å². The summed E-state index contributed by atoms with van der Waals surface area (Å²) in [5.74, 6) is 1.03. The van der Waals surface area contributed by atoms with E-state index in [2.05, 4.69) is 21.8 Å². The van der Waals surface area contributed by atoms with Crippen molar-refractivity contribution >= 4 is 23.2 Å². The van der Waals surface area contributed by atoms with Crippen molar-refractivity contribution in [2.24, 2.45) is 0 Å². The van der Waals surface area contributed by atoms with Crippen molar-refractivity contribution in [3.63, 3.8) is 0 Å². The van der Waals surface area contributed by atoms with E-state index in [9.17, 15) is 0 Å². The molecule has 6 heteroatoms. The van der Waals surface area contributed by atoms with Gasteiger partial charge in [0, 0.05) is 18.7 Å². The highest BCUT2D eigenvalue weighted by Gasteiger charge is 2.28. The van der Waals surface area contributed by atoms with Gasteiger partial charge in [-0.3, -0.25) is 4.90 Å². The van der Waals surface area contributed by atoms with Crippen LogP contribution in [0.1, 0.15) is 56.0 Å². The van der Waals surface area contributed by atoms with Crippen molar-refractivity contribution in [2.75, 3.05) is 26.2 Å². The lowest BCUT2D eigenvalue weighted by Gasteiger charge is -2.31. The van der Waals surface area contributed by atoms with Gasteiger partial charge in [0.25, 0.3) is 0 Å². The Kier molecular flexibility index (Phi) is 4.99. The minimum atomic E-state index is -0.133. The Bertz CT molecular complexity index is 483. The van der Waals surface area contributed by atoms with Crippen LogP contribution in [-0.2, 0) is 4.74 Å². The van der Waals surface area contributed by atoms with Crippen LogP contribution in [0.4, 0.5) is 0 Å². The first kappa shape index (κ1) is 15.5. The Hall–Kier alpha value is -0.420. The first-order valence-corrected chi connectivity index (χ1v) is 8.51. The van der Waals surface area contributed by atoms with E-state index in [0.717, 1.165) is 38.0 Å². The lowest BCUT2D eigenvalue weighted by molar-refractivity contribution is -0.0325. The molecule has 21 heavy (non-hydrogen) atoms. The number of halogens is 2. The maximum atomic E-state index is 6.40. The van der Waals surface area contributed by atoms with Gasteiger partial charge in [0.1, 0.15) is 16.4 Å². The van der Waals surface area contributed by atoms with Crippen LogP contribution in [0.2, 0.25) is 10.3 Å². The van der Waals surface area contributed by atoms with Gasteiger partial charge in [0.15, 0.2) is 5.82 Å². The third-order valence-corrected chi connectivity index (χ3v) is 5.10. The molecular formula is C15H21Cl2N3O. The van der Waals surface area contributed by atoms with Crippen molar-refractivity contribution in [3.8, 4) is 0 Å². The van der Waals surface area contributed by atoms with Crippen LogP contribution in [0.5, 0.6) is 0 Å². The van der Waals surface area contributed by atoms with Gasteiger partial charge in [0.05, 0.1) is 6.61 Å². The molecule has 0 radical (unpaired) electrons. The van der Waals surface area contributed by atoms with Gasteiger partial charge in [-0.1, -0.05) is 43.0 Å². The molecule has 4 nitrogen and oxygen atoms in total. The second-order valence-corrected chi connectivity index (χ2v) is 6.53. The molecule has 3 rings (SSSR count). The van der Waals surface area contributed by atoms with E-state index in [0.29, 0.717) is 28.7 Å². The monoisotopic (exact) mass is 329 g/mol. The molecule has 1 aromatic heterocycles. The molecule has 1 aliphatic carbocycles. The van der Waals surface area contributed by atoms with Crippen molar-refractivity contribution in [2.45, 2.75) is 44.6 Å². The van der Waals surface area contributed by atoms with Crippen LogP contribution in [0.3, 0.4) is 0 Å². The van der Waals surface area contributed by atoms with Crippen LogP contribution >= 0.6 is 23.2 Å². The van der Waals surface area contributed by atoms with Crippen LogP contribution in [0.15, 0.2) is 0 Å². The summed E-state index contributed by atoms with van der Waals surface area (Å²) in [7, 11) is 0. The minimum Gasteiger partial charge on any atom is -0.368 e. The SMILES string of the molecule is CCN1CCOC(c2nc(Cl)c(C3CCCC3)c(Cl)n2)C1. The van der Waals surface area contributed by atoms with Gasteiger partial charge < -0.3 is 4.74 Å². The third-order valence-electron chi connectivity index (χ3n) is 4.52. The molecule has 0 spiro atoms. The fourth-order valence-corrected chi connectivity index (χ4v) is 3.98. The lowest BCUT2D eigenvalue weighted by Crippen LogP contribution is -2.38. The molecule has 1 unspecified atom stereocenters. The number of rotatable bonds is 3. The Labute approximate surface area is 135 Å². The van der Waals surface area contributed by atoms with E-state index in [1.54, 1.807) is 0 Å². The molecule has 1 saturated heterocycles. The molecule has 0 amide bonds.